The second-order valence-electron chi connectivity index (χ2n) is 4.26. The third kappa shape index (κ3) is 6.18. The third-order valence-corrected chi connectivity index (χ3v) is 2.64. The van der Waals surface area contributed by atoms with Crippen molar-refractivity contribution >= 4 is 5.96 Å². The molecule has 0 radical (unpaired) electrons. The molecule has 0 aromatic carbocycles. The molecule has 0 bridgehead atoms. The first kappa shape index (κ1) is 15.4. The fraction of sp³-hybridized carbons (Fsp3) is 0.571. The molecule has 0 amide bonds. The molecule has 1 aromatic heterocycles. The summed E-state index contributed by atoms with van der Waals surface area (Å²) in [5, 5.41) is 6.37. The molecule has 2 N–H and O–H groups in total. The number of hydrogen-bond acceptors (Lipinski definition) is 2. The maximum atomic E-state index is 13.4. The molecule has 19 heavy (non-hydrogen) atoms. The van der Waals surface area contributed by atoms with Gasteiger partial charge in [0.05, 0.1) is 12.2 Å². The molecule has 0 saturated carbocycles. The maximum absolute atomic E-state index is 13.4. The quantitative estimate of drug-likeness (QED) is 0.453. The number of pyridine rings is 1. The van der Waals surface area contributed by atoms with Crippen molar-refractivity contribution in [2.24, 2.45) is 4.99 Å². The average Bonchev–Trinajstić information content (AvgIpc) is 2.42. The highest BCUT2D eigenvalue weighted by Gasteiger charge is 2.02. The van der Waals surface area contributed by atoms with Crippen molar-refractivity contribution in [3.05, 3.63) is 29.8 Å². The first-order valence-corrected chi connectivity index (χ1v) is 6.89. The summed E-state index contributed by atoms with van der Waals surface area (Å²) in [6.45, 7) is 6.08. The van der Waals surface area contributed by atoms with Gasteiger partial charge in [-0.15, -0.1) is 0 Å². The van der Waals surface area contributed by atoms with Gasteiger partial charge in [-0.3, -0.25) is 4.98 Å². The Morgan fingerprint density at radius 2 is 2.16 bits per heavy atom. The van der Waals surface area contributed by atoms with Crippen molar-refractivity contribution in [3.8, 4) is 0 Å². The lowest BCUT2D eigenvalue weighted by molar-refractivity contribution is 0.599. The first-order valence-electron chi connectivity index (χ1n) is 6.89. The van der Waals surface area contributed by atoms with Gasteiger partial charge in [-0.1, -0.05) is 19.8 Å². The molecule has 1 aromatic rings. The Kier molecular flexibility index (Phi) is 7.54. The van der Waals surface area contributed by atoms with E-state index in [4.69, 9.17) is 0 Å². The number of aliphatic imine (C=N–C) groups is 1. The number of unbranched alkanes of at least 4 members (excludes halogenated alkanes) is 2. The molecule has 1 rings (SSSR count). The highest BCUT2D eigenvalue weighted by Crippen LogP contribution is 2.03. The summed E-state index contributed by atoms with van der Waals surface area (Å²) >= 11 is 0. The van der Waals surface area contributed by atoms with Gasteiger partial charge in [-0.25, -0.2) is 9.38 Å². The summed E-state index contributed by atoms with van der Waals surface area (Å²) in [5.74, 6) is 0.400. The molecule has 0 spiro atoms. The number of rotatable bonds is 7. The van der Waals surface area contributed by atoms with Gasteiger partial charge < -0.3 is 10.6 Å². The van der Waals surface area contributed by atoms with E-state index in [9.17, 15) is 4.39 Å². The predicted octanol–water partition coefficient (Wildman–Crippen LogP) is 2.47. The zero-order chi connectivity index (χ0) is 13.9. The van der Waals surface area contributed by atoms with Crippen LogP contribution in [0.5, 0.6) is 0 Å². The molecule has 106 valence electrons. The molecule has 0 aliphatic heterocycles. The number of nitrogens with one attached hydrogen (secondary N) is 2. The van der Waals surface area contributed by atoms with E-state index in [1.165, 1.54) is 18.9 Å². The second-order valence-corrected chi connectivity index (χ2v) is 4.26. The number of aromatic nitrogens is 1. The molecule has 1 heterocycles. The van der Waals surface area contributed by atoms with Crippen LogP contribution in [0.2, 0.25) is 0 Å². The van der Waals surface area contributed by atoms with Crippen LogP contribution in [0.1, 0.15) is 38.8 Å². The Labute approximate surface area is 114 Å². The zero-order valence-electron chi connectivity index (χ0n) is 11.7. The lowest BCUT2D eigenvalue weighted by Crippen LogP contribution is -2.37. The van der Waals surface area contributed by atoms with Gasteiger partial charge in [-0.2, -0.15) is 0 Å². The van der Waals surface area contributed by atoms with Crippen LogP contribution in [0.3, 0.4) is 0 Å². The largest absolute Gasteiger partial charge is 0.357 e. The van der Waals surface area contributed by atoms with Gasteiger partial charge >= 0.3 is 0 Å². The molecule has 0 fully saturated rings. The van der Waals surface area contributed by atoms with E-state index in [2.05, 4.69) is 27.5 Å². The van der Waals surface area contributed by atoms with Gasteiger partial charge in [0.25, 0.3) is 0 Å². The Balaban J connectivity index is 2.50. The van der Waals surface area contributed by atoms with Crippen molar-refractivity contribution in [1.82, 2.24) is 15.6 Å². The SMILES string of the molecule is CCCCCNC(=NCc1ncccc1F)NCC. The van der Waals surface area contributed by atoms with Crippen LogP contribution in [0.15, 0.2) is 23.3 Å². The summed E-state index contributed by atoms with van der Waals surface area (Å²) < 4.78 is 13.4. The van der Waals surface area contributed by atoms with E-state index < -0.39 is 0 Å². The highest BCUT2D eigenvalue weighted by molar-refractivity contribution is 5.79. The predicted molar refractivity (Wildman–Crippen MR) is 76.5 cm³/mol. The number of nitrogens with zero attached hydrogens (tertiary/aromatic N) is 2. The smallest absolute Gasteiger partial charge is 0.191 e. The highest BCUT2D eigenvalue weighted by atomic mass is 19.1. The van der Waals surface area contributed by atoms with Crippen molar-refractivity contribution in [2.45, 2.75) is 39.7 Å². The summed E-state index contributed by atoms with van der Waals surface area (Å²) in [4.78, 5) is 8.32. The second kappa shape index (κ2) is 9.30. The summed E-state index contributed by atoms with van der Waals surface area (Å²) in [6, 6.07) is 2.98. The molecule has 4 nitrogen and oxygen atoms in total. The molecule has 5 heteroatoms. The van der Waals surface area contributed by atoms with Crippen LogP contribution in [0.4, 0.5) is 4.39 Å². The van der Waals surface area contributed by atoms with E-state index in [0.717, 1.165) is 19.5 Å². The van der Waals surface area contributed by atoms with E-state index in [-0.39, 0.29) is 12.4 Å². The van der Waals surface area contributed by atoms with Gasteiger partial charge in [0.1, 0.15) is 5.82 Å². The monoisotopic (exact) mass is 266 g/mol. The number of guanidine groups is 1. The van der Waals surface area contributed by atoms with E-state index >= 15 is 0 Å². The minimum Gasteiger partial charge on any atom is -0.357 e. The van der Waals surface area contributed by atoms with Crippen LogP contribution < -0.4 is 10.6 Å². The van der Waals surface area contributed by atoms with E-state index in [1.54, 1.807) is 12.3 Å². The van der Waals surface area contributed by atoms with Crippen molar-refractivity contribution in [2.75, 3.05) is 13.1 Å². The molecule has 0 saturated heterocycles. The van der Waals surface area contributed by atoms with E-state index in [0.29, 0.717) is 11.7 Å². The Morgan fingerprint density at radius 3 is 2.84 bits per heavy atom. The molecule has 0 atom stereocenters. The Morgan fingerprint density at radius 1 is 1.32 bits per heavy atom. The minimum absolute atomic E-state index is 0.246. The summed E-state index contributed by atoms with van der Waals surface area (Å²) in [7, 11) is 0. The fourth-order valence-corrected chi connectivity index (χ4v) is 1.61. The van der Waals surface area contributed by atoms with Gasteiger partial charge in [0.15, 0.2) is 5.96 Å². The van der Waals surface area contributed by atoms with Crippen molar-refractivity contribution < 1.29 is 4.39 Å². The molecule has 0 aliphatic carbocycles. The van der Waals surface area contributed by atoms with Crippen LogP contribution >= 0.6 is 0 Å². The van der Waals surface area contributed by atoms with Crippen LogP contribution in [0, 0.1) is 5.82 Å². The molecule has 0 aliphatic rings. The number of hydrogen-bond donors (Lipinski definition) is 2. The van der Waals surface area contributed by atoms with E-state index in [1.807, 2.05) is 6.92 Å². The Bertz CT molecular complexity index is 393. The summed E-state index contributed by atoms with van der Waals surface area (Å²) in [6.07, 6.45) is 5.07. The van der Waals surface area contributed by atoms with Gasteiger partial charge in [-0.05, 0) is 25.5 Å². The van der Waals surface area contributed by atoms with Gasteiger partial charge in [0, 0.05) is 19.3 Å². The maximum Gasteiger partial charge on any atom is 0.191 e. The van der Waals surface area contributed by atoms with Crippen LogP contribution in [0.25, 0.3) is 0 Å². The third-order valence-electron chi connectivity index (χ3n) is 2.64. The van der Waals surface area contributed by atoms with Crippen LogP contribution in [-0.2, 0) is 6.54 Å². The standard InChI is InChI=1S/C14H23FN4/c1-3-5-6-9-18-14(16-4-2)19-11-13-12(15)8-7-10-17-13/h7-8,10H,3-6,9,11H2,1-2H3,(H2,16,18,19). The molecule has 0 unspecified atom stereocenters. The lowest BCUT2D eigenvalue weighted by atomic mass is 10.2. The topological polar surface area (TPSA) is 49.3 Å². The summed E-state index contributed by atoms with van der Waals surface area (Å²) in [5.41, 5.74) is 0.369. The normalized spacial score (nSPS) is 11.4. The lowest BCUT2D eigenvalue weighted by Gasteiger charge is -2.10. The number of halogens is 1. The average molecular weight is 266 g/mol. The molecular formula is C14H23FN4. The molecular weight excluding hydrogens is 243 g/mol. The Hall–Kier alpha value is -1.65. The zero-order valence-corrected chi connectivity index (χ0v) is 11.7. The first-order chi connectivity index (χ1) is 9.27. The van der Waals surface area contributed by atoms with Gasteiger partial charge in [0.2, 0.25) is 0 Å². The van der Waals surface area contributed by atoms with Crippen molar-refractivity contribution in [1.29, 1.82) is 0 Å². The fourth-order valence-electron chi connectivity index (χ4n) is 1.61. The minimum atomic E-state index is -0.312. The van der Waals surface area contributed by atoms with Crippen molar-refractivity contribution in [3.63, 3.8) is 0 Å². The van der Waals surface area contributed by atoms with Crippen LogP contribution in [-0.4, -0.2) is 24.0 Å².